The Bertz CT molecular complexity index is 1110. The smallest absolute Gasteiger partial charge is 0.243 e. The van der Waals surface area contributed by atoms with Crippen molar-refractivity contribution in [3.8, 4) is 0 Å². The van der Waals surface area contributed by atoms with Crippen LogP contribution in [0, 0.1) is 5.41 Å². The van der Waals surface area contributed by atoms with Crippen LogP contribution in [0.1, 0.15) is 36.5 Å². The molecule has 10 heteroatoms. The van der Waals surface area contributed by atoms with Gasteiger partial charge in [-0.05, 0) is 42.5 Å². The van der Waals surface area contributed by atoms with Gasteiger partial charge in [-0.15, -0.1) is 0 Å². The number of nitrogens with one attached hydrogen (secondary N) is 3. The maximum Gasteiger partial charge on any atom is 0.243 e. The first-order valence-electron chi connectivity index (χ1n) is 10.8. The largest absolute Gasteiger partial charge is 0.384 e. The van der Waals surface area contributed by atoms with Gasteiger partial charge in [-0.2, -0.15) is 0 Å². The van der Waals surface area contributed by atoms with E-state index in [1.54, 1.807) is 36.4 Å². The zero-order valence-electron chi connectivity index (χ0n) is 18.5. The molecular formula is C23H29N5O4S. The number of sulfonamides is 1. The third-order valence-corrected chi connectivity index (χ3v) is 7.08. The second-order valence-electron chi connectivity index (χ2n) is 7.90. The van der Waals surface area contributed by atoms with E-state index in [0.29, 0.717) is 24.9 Å². The highest BCUT2D eigenvalue weighted by Gasteiger charge is 2.34. The molecule has 0 spiro atoms. The lowest BCUT2D eigenvalue weighted by Crippen LogP contribution is -2.48. The number of aryl methyl sites for hydroxylation is 1. The molecule has 0 saturated carbocycles. The van der Waals surface area contributed by atoms with Gasteiger partial charge >= 0.3 is 0 Å². The first kappa shape index (κ1) is 24.4. The van der Waals surface area contributed by atoms with Crippen LogP contribution in [-0.2, 0) is 32.6 Å². The van der Waals surface area contributed by atoms with Gasteiger partial charge in [0.2, 0.25) is 21.8 Å². The summed E-state index contributed by atoms with van der Waals surface area (Å²) < 4.78 is 27.4. The van der Waals surface area contributed by atoms with E-state index in [1.165, 1.54) is 17.0 Å². The van der Waals surface area contributed by atoms with Gasteiger partial charge in [0.05, 0.1) is 11.4 Å². The molecule has 1 aliphatic heterocycles. The Hall–Kier alpha value is -3.24. The monoisotopic (exact) mass is 471 g/mol. The van der Waals surface area contributed by atoms with Gasteiger partial charge in [-0.3, -0.25) is 15.0 Å². The quantitative estimate of drug-likeness (QED) is 0.320. The Morgan fingerprint density at radius 2 is 1.73 bits per heavy atom. The van der Waals surface area contributed by atoms with Crippen molar-refractivity contribution in [1.82, 2.24) is 14.9 Å². The highest BCUT2D eigenvalue weighted by atomic mass is 32.2. The molecule has 5 N–H and O–H groups in total. The number of amidine groups is 1. The Kier molecular flexibility index (Phi) is 7.83. The van der Waals surface area contributed by atoms with Crippen molar-refractivity contribution < 1.29 is 18.0 Å². The molecule has 33 heavy (non-hydrogen) atoms. The van der Waals surface area contributed by atoms with Crippen molar-refractivity contribution in [2.75, 3.05) is 13.1 Å². The van der Waals surface area contributed by atoms with Crippen molar-refractivity contribution in [2.45, 2.75) is 43.7 Å². The first-order chi connectivity index (χ1) is 15.7. The number of likely N-dealkylation sites (tertiary alicyclic amines) is 1. The molecule has 9 nitrogen and oxygen atoms in total. The molecule has 0 aromatic heterocycles. The molecule has 2 aromatic carbocycles. The number of rotatable bonds is 9. The van der Waals surface area contributed by atoms with Crippen LogP contribution in [0.2, 0.25) is 0 Å². The van der Waals surface area contributed by atoms with Crippen LogP contribution in [0.5, 0.6) is 0 Å². The summed E-state index contributed by atoms with van der Waals surface area (Å²) in [5.41, 5.74) is 7.90. The zero-order chi connectivity index (χ0) is 24.0. The second-order valence-corrected chi connectivity index (χ2v) is 9.66. The third-order valence-electron chi connectivity index (χ3n) is 5.66. The molecule has 1 fully saturated rings. The van der Waals surface area contributed by atoms with Gasteiger partial charge in [0.1, 0.15) is 11.9 Å². The molecule has 3 rings (SSSR count). The summed E-state index contributed by atoms with van der Waals surface area (Å²) in [6.07, 6.45) is 1.99. The molecule has 2 aromatic rings. The fourth-order valence-electron chi connectivity index (χ4n) is 3.69. The van der Waals surface area contributed by atoms with Crippen molar-refractivity contribution in [2.24, 2.45) is 5.73 Å². The molecule has 0 unspecified atom stereocenters. The van der Waals surface area contributed by atoms with E-state index >= 15 is 0 Å². The van der Waals surface area contributed by atoms with Gasteiger partial charge in [-0.1, -0.05) is 43.3 Å². The summed E-state index contributed by atoms with van der Waals surface area (Å²) in [7, 11) is -3.83. The van der Waals surface area contributed by atoms with Crippen molar-refractivity contribution >= 4 is 27.7 Å². The van der Waals surface area contributed by atoms with Crippen molar-refractivity contribution in [1.29, 1.82) is 5.41 Å². The van der Waals surface area contributed by atoms with Crippen LogP contribution in [-0.4, -0.2) is 50.1 Å². The van der Waals surface area contributed by atoms with Crippen molar-refractivity contribution in [3.63, 3.8) is 0 Å². The average Bonchev–Trinajstić information content (AvgIpc) is 3.31. The molecule has 0 bridgehead atoms. The standard InChI is InChI=1S/C23H29N5O4S/c1-2-16-7-11-19(12-8-16)33(31,32)27-15-21(29)28-13-3-4-20(28)23(30)26-14-17-5-9-18(10-6-17)22(24)25/h5-12,20,27H,2-4,13-15H2,1H3,(H3,24,25)(H,26,30)/t20-/m0/s1. The molecule has 2 amide bonds. The topological polar surface area (TPSA) is 145 Å². The van der Waals surface area contributed by atoms with Crippen LogP contribution >= 0.6 is 0 Å². The molecule has 1 heterocycles. The minimum Gasteiger partial charge on any atom is -0.384 e. The number of nitrogens with zero attached hydrogens (tertiary/aromatic N) is 1. The SMILES string of the molecule is CCc1ccc(S(=O)(=O)NCC(=O)N2CCC[C@H]2C(=O)NCc2ccc(C(=N)N)cc2)cc1. The maximum absolute atomic E-state index is 12.7. The summed E-state index contributed by atoms with van der Waals surface area (Å²) in [5.74, 6) is -0.749. The van der Waals surface area contributed by atoms with Crippen LogP contribution in [0.4, 0.5) is 0 Å². The molecule has 1 saturated heterocycles. The van der Waals surface area contributed by atoms with Crippen LogP contribution in [0.15, 0.2) is 53.4 Å². The number of carbonyl (C=O) groups excluding carboxylic acids is 2. The number of carbonyl (C=O) groups is 2. The molecule has 0 aliphatic carbocycles. The summed E-state index contributed by atoms with van der Waals surface area (Å²) in [6.45, 7) is 2.24. The van der Waals surface area contributed by atoms with Gasteiger partial charge in [0, 0.05) is 18.7 Å². The number of amides is 2. The second kappa shape index (κ2) is 10.6. The van der Waals surface area contributed by atoms with E-state index in [0.717, 1.165) is 17.5 Å². The molecule has 0 radical (unpaired) electrons. The first-order valence-corrected chi connectivity index (χ1v) is 12.3. The van der Waals surface area contributed by atoms with Gasteiger partial charge in [0.25, 0.3) is 0 Å². The number of nitrogens with two attached hydrogens (primary N) is 1. The lowest BCUT2D eigenvalue weighted by Gasteiger charge is -2.24. The Labute approximate surface area is 193 Å². The van der Waals surface area contributed by atoms with E-state index in [9.17, 15) is 18.0 Å². The molecule has 1 aliphatic rings. The van der Waals surface area contributed by atoms with Gasteiger partial charge in [-0.25, -0.2) is 13.1 Å². The lowest BCUT2D eigenvalue weighted by molar-refractivity contribution is -0.137. The predicted octanol–water partition coefficient (Wildman–Crippen LogP) is 1.12. The van der Waals surface area contributed by atoms with E-state index in [-0.39, 0.29) is 23.2 Å². The summed E-state index contributed by atoms with van der Waals surface area (Å²) >= 11 is 0. The van der Waals surface area contributed by atoms with E-state index in [2.05, 4.69) is 10.0 Å². The van der Waals surface area contributed by atoms with Crippen LogP contribution in [0.25, 0.3) is 0 Å². The van der Waals surface area contributed by atoms with E-state index < -0.39 is 28.5 Å². The van der Waals surface area contributed by atoms with Crippen molar-refractivity contribution in [3.05, 3.63) is 65.2 Å². The Morgan fingerprint density at radius 1 is 1.09 bits per heavy atom. The fourth-order valence-corrected chi connectivity index (χ4v) is 4.67. The van der Waals surface area contributed by atoms with Gasteiger partial charge in [0.15, 0.2) is 0 Å². The van der Waals surface area contributed by atoms with Crippen LogP contribution < -0.4 is 15.8 Å². The minimum atomic E-state index is -3.83. The highest BCUT2D eigenvalue weighted by molar-refractivity contribution is 7.89. The number of nitrogen functional groups attached to an aromatic ring is 1. The molecule has 1 atom stereocenters. The number of hydrogen-bond donors (Lipinski definition) is 4. The Morgan fingerprint density at radius 3 is 2.33 bits per heavy atom. The summed E-state index contributed by atoms with van der Waals surface area (Å²) in [4.78, 5) is 26.9. The van der Waals surface area contributed by atoms with E-state index in [1.807, 2.05) is 6.92 Å². The normalized spacial score (nSPS) is 15.9. The summed E-state index contributed by atoms with van der Waals surface area (Å²) in [5, 5.41) is 10.2. The third kappa shape index (κ3) is 6.17. The summed E-state index contributed by atoms with van der Waals surface area (Å²) in [6, 6.07) is 12.8. The fraction of sp³-hybridized carbons (Fsp3) is 0.348. The minimum absolute atomic E-state index is 0.0284. The predicted molar refractivity (Wildman–Crippen MR) is 125 cm³/mol. The Balaban J connectivity index is 1.55. The van der Waals surface area contributed by atoms with E-state index in [4.69, 9.17) is 11.1 Å². The maximum atomic E-state index is 12.7. The lowest BCUT2D eigenvalue weighted by atomic mass is 10.1. The number of hydrogen-bond acceptors (Lipinski definition) is 5. The number of benzene rings is 2. The average molecular weight is 472 g/mol. The highest BCUT2D eigenvalue weighted by Crippen LogP contribution is 2.18. The molecular weight excluding hydrogens is 442 g/mol. The van der Waals surface area contributed by atoms with Gasteiger partial charge < -0.3 is 16.0 Å². The molecule has 176 valence electrons. The van der Waals surface area contributed by atoms with Crippen LogP contribution in [0.3, 0.4) is 0 Å². The zero-order valence-corrected chi connectivity index (χ0v) is 19.3.